The molecule has 4 N–H and O–H groups in total. The van der Waals surface area contributed by atoms with Crippen LogP contribution in [0.15, 0.2) is 107 Å². The van der Waals surface area contributed by atoms with Crippen LogP contribution < -0.4 is 16.3 Å². The van der Waals surface area contributed by atoms with Crippen LogP contribution in [0, 0.1) is 27.7 Å². The average molecular weight is 914 g/mol. The number of H-pyrrole nitrogens is 2. The number of benzene rings is 4. The standard InChI is InChI=1S/C50H47N11O5S/c1-28-9-11-32(12-10-28)45-44-29(2)30(3)67-49(44)60-31(4)58-59-47(60)41(54-45)27-43(62)52-19-21-65-23-24-66-22-20-53-48(63)33-13-16-42-40(25-33)55-46(36-17-18-51-37-8-6-5-7-35(36)37)61(42)34-14-15-38-39(26-34)57-50(64)56-38/h5-18,25-26,41H,19-24,27H2,1-4H3,(H,52,62)(H,53,63)(H2,56,57,64)/t41-/m0/s1. The molecule has 0 bridgehead atoms. The SMILES string of the molecule is Cc1ccc(C2=N[C@@H](CC(=O)NCCOCCOCCNC(=O)c3ccc4c(c3)nc(-c3ccnc5ccccc35)n4-c3ccc4[nH]c(=O)[nH]c4c3)c3nnc(C)n3-c3sc(C)c(C)c32)cc1. The Morgan fingerprint density at radius 1 is 0.791 bits per heavy atom. The molecule has 338 valence electrons. The Balaban J connectivity index is 0.719. The van der Waals surface area contributed by atoms with Gasteiger partial charge < -0.3 is 30.1 Å². The number of pyridine rings is 1. The fourth-order valence-corrected chi connectivity index (χ4v) is 9.74. The maximum atomic E-state index is 13.3. The number of thiophene rings is 1. The Morgan fingerprint density at radius 3 is 2.39 bits per heavy atom. The average Bonchev–Trinajstić information content (AvgIpc) is 4.07. The molecule has 0 spiro atoms. The van der Waals surface area contributed by atoms with Gasteiger partial charge >= 0.3 is 5.69 Å². The highest BCUT2D eigenvalue weighted by molar-refractivity contribution is 7.15. The number of amides is 2. The summed E-state index contributed by atoms with van der Waals surface area (Å²) in [6, 6.07) is 28.7. The van der Waals surface area contributed by atoms with Gasteiger partial charge in [0.05, 0.1) is 66.1 Å². The molecule has 67 heavy (non-hydrogen) atoms. The number of fused-ring (bicyclic) bond motifs is 6. The second-order valence-electron chi connectivity index (χ2n) is 16.5. The van der Waals surface area contributed by atoms with Crippen LogP contribution in [0.4, 0.5) is 0 Å². The van der Waals surface area contributed by atoms with E-state index >= 15 is 0 Å². The molecular formula is C50H47N11O5S. The highest BCUT2D eigenvalue weighted by Gasteiger charge is 2.32. The first-order chi connectivity index (χ1) is 32.6. The van der Waals surface area contributed by atoms with E-state index in [9.17, 15) is 14.4 Å². The summed E-state index contributed by atoms with van der Waals surface area (Å²) in [6.45, 7) is 10.1. The third-order valence-electron chi connectivity index (χ3n) is 12.0. The van der Waals surface area contributed by atoms with E-state index in [-0.39, 0.29) is 30.5 Å². The number of carbonyl (C=O) groups is 2. The molecule has 10 rings (SSSR count). The van der Waals surface area contributed by atoms with Gasteiger partial charge in [0.25, 0.3) is 5.91 Å². The molecule has 2 amide bonds. The minimum absolute atomic E-state index is 0.103. The molecule has 6 heterocycles. The summed E-state index contributed by atoms with van der Waals surface area (Å²) in [5.74, 6) is 1.64. The highest BCUT2D eigenvalue weighted by Crippen LogP contribution is 2.40. The molecular weight excluding hydrogens is 867 g/mol. The van der Waals surface area contributed by atoms with Crippen molar-refractivity contribution in [2.24, 2.45) is 4.99 Å². The molecule has 0 saturated carbocycles. The lowest BCUT2D eigenvalue weighted by atomic mass is 9.99. The number of rotatable bonds is 15. The molecule has 9 aromatic rings. The maximum Gasteiger partial charge on any atom is 0.323 e. The maximum absolute atomic E-state index is 13.3. The van der Waals surface area contributed by atoms with Gasteiger partial charge in [-0.2, -0.15) is 0 Å². The third kappa shape index (κ3) is 8.55. The molecule has 0 saturated heterocycles. The normalized spacial score (nSPS) is 13.4. The first-order valence-corrected chi connectivity index (χ1v) is 22.9. The molecule has 5 aromatic heterocycles. The van der Waals surface area contributed by atoms with Gasteiger partial charge in [0.1, 0.15) is 22.7 Å². The number of aromatic nitrogens is 8. The number of aromatic amines is 2. The Kier molecular flexibility index (Phi) is 11.9. The van der Waals surface area contributed by atoms with Gasteiger partial charge in [0.2, 0.25) is 5.91 Å². The van der Waals surface area contributed by atoms with Gasteiger partial charge in [0.15, 0.2) is 5.82 Å². The van der Waals surface area contributed by atoms with Crippen molar-refractivity contribution in [1.29, 1.82) is 0 Å². The van der Waals surface area contributed by atoms with Crippen molar-refractivity contribution < 1.29 is 19.1 Å². The van der Waals surface area contributed by atoms with Crippen molar-refractivity contribution >= 4 is 61.8 Å². The van der Waals surface area contributed by atoms with E-state index in [1.807, 2.05) is 70.7 Å². The van der Waals surface area contributed by atoms with Crippen molar-refractivity contribution in [1.82, 2.24) is 49.9 Å². The van der Waals surface area contributed by atoms with Gasteiger partial charge in [-0.3, -0.25) is 28.7 Å². The van der Waals surface area contributed by atoms with Crippen molar-refractivity contribution in [2.45, 2.75) is 40.2 Å². The third-order valence-corrected chi connectivity index (χ3v) is 13.2. The van der Waals surface area contributed by atoms with Crippen LogP contribution in [0.25, 0.3) is 55.0 Å². The number of hydrogen-bond donors (Lipinski definition) is 4. The van der Waals surface area contributed by atoms with Crippen molar-refractivity contribution in [2.75, 3.05) is 39.5 Å². The number of carbonyl (C=O) groups excluding carboxylic acids is 2. The molecule has 16 nitrogen and oxygen atoms in total. The second kappa shape index (κ2) is 18.4. The molecule has 1 aliphatic heterocycles. The van der Waals surface area contributed by atoms with E-state index in [0.717, 1.165) is 66.5 Å². The molecule has 17 heteroatoms. The molecule has 0 aliphatic carbocycles. The lowest BCUT2D eigenvalue weighted by Gasteiger charge is -2.13. The first-order valence-electron chi connectivity index (χ1n) is 22.1. The second-order valence-corrected chi connectivity index (χ2v) is 17.7. The number of para-hydroxylation sites is 1. The molecule has 0 fully saturated rings. The summed E-state index contributed by atoms with van der Waals surface area (Å²) in [6.07, 6.45) is 1.86. The van der Waals surface area contributed by atoms with Crippen LogP contribution in [0.1, 0.15) is 61.6 Å². The van der Waals surface area contributed by atoms with Gasteiger partial charge in [-0.25, -0.2) is 9.78 Å². The van der Waals surface area contributed by atoms with Crippen molar-refractivity contribution in [3.8, 4) is 22.1 Å². The number of hydrogen-bond acceptors (Lipinski definition) is 11. The molecule has 1 aliphatic rings. The van der Waals surface area contributed by atoms with Crippen LogP contribution in [0.2, 0.25) is 0 Å². The van der Waals surface area contributed by atoms with E-state index < -0.39 is 6.04 Å². The van der Waals surface area contributed by atoms with Gasteiger partial charge in [-0.15, -0.1) is 21.5 Å². The quantitative estimate of drug-likeness (QED) is 0.0772. The Bertz CT molecular complexity index is 3430. The zero-order chi connectivity index (χ0) is 46.2. The van der Waals surface area contributed by atoms with E-state index in [0.29, 0.717) is 66.7 Å². The molecule has 1 atom stereocenters. The first kappa shape index (κ1) is 43.3. The largest absolute Gasteiger partial charge is 0.377 e. The Labute approximate surface area is 388 Å². The minimum atomic E-state index is -0.536. The van der Waals surface area contributed by atoms with Crippen LogP contribution >= 0.6 is 11.3 Å². The summed E-state index contributed by atoms with van der Waals surface area (Å²) in [5, 5.41) is 16.8. The fraction of sp³-hybridized carbons (Fsp3) is 0.240. The van der Waals surface area contributed by atoms with E-state index in [1.54, 1.807) is 29.7 Å². The summed E-state index contributed by atoms with van der Waals surface area (Å²) in [4.78, 5) is 60.4. The fourth-order valence-electron chi connectivity index (χ4n) is 8.52. The lowest BCUT2D eigenvalue weighted by molar-refractivity contribution is -0.121. The molecule has 0 unspecified atom stereocenters. The molecule has 4 aromatic carbocycles. The molecule has 0 radical (unpaired) electrons. The zero-order valence-corrected chi connectivity index (χ0v) is 38.2. The van der Waals surface area contributed by atoms with Crippen molar-refractivity contribution in [3.63, 3.8) is 0 Å². The number of nitrogens with one attached hydrogen (secondary N) is 4. The topological polar surface area (TPSA) is 199 Å². The van der Waals surface area contributed by atoms with Gasteiger partial charge in [-0.05, 0) is 81.8 Å². The van der Waals surface area contributed by atoms with E-state index in [1.165, 1.54) is 4.88 Å². The summed E-state index contributed by atoms with van der Waals surface area (Å²) >= 11 is 1.69. The monoisotopic (exact) mass is 913 g/mol. The van der Waals surface area contributed by atoms with E-state index in [4.69, 9.17) is 19.5 Å². The van der Waals surface area contributed by atoms with Crippen LogP contribution in [-0.4, -0.2) is 96.3 Å². The summed E-state index contributed by atoms with van der Waals surface area (Å²) < 4.78 is 15.6. The van der Waals surface area contributed by atoms with Gasteiger partial charge in [-0.1, -0.05) is 48.0 Å². The van der Waals surface area contributed by atoms with Gasteiger partial charge in [0, 0.05) is 57.5 Å². The van der Waals surface area contributed by atoms with Crippen LogP contribution in [0.5, 0.6) is 0 Å². The minimum Gasteiger partial charge on any atom is -0.377 e. The number of nitrogens with zero attached hydrogens (tertiary/aromatic N) is 7. The predicted molar refractivity (Wildman–Crippen MR) is 259 cm³/mol. The van der Waals surface area contributed by atoms with Crippen molar-refractivity contribution in [3.05, 3.63) is 152 Å². The number of aryl methyl sites for hydroxylation is 3. The summed E-state index contributed by atoms with van der Waals surface area (Å²) in [7, 11) is 0. The van der Waals surface area contributed by atoms with E-state index in [2.05, 4.69) is 80.8 Å². The zero-order valence-electron chi connectivity index (χ0n) is 37.3. The highest BCUT2D eigenvalue weighted by atomic mass is 32.1. The number of imidazole rings is 2. The van der Waals surface area contributed by atoms with Crippen LogP contribution in [0.3, 0.4) is 0 Å². The number of aliphatic imine (C=N–C) groups is 1. The van der Waals surface area contributed by atoms with Crippen LogP contribution in [-0.2, 0) is 14.3 Å². The smallest absolute Gasteiger partial charge is 0.323 e. The summed E-state index contributed by atoms with van der Waals surface area (Å²) in [5.41, 5.74) is 10.6. The number of ether oxygens (including phenoxy) is 2. The lowest BCUT2D eigenvalue weighted by Crippen LogP contribution is -2.29. The Morgan fingerprint density at radius 2 is 1.57 bits per heavy atom. The Hall–Kier alpha value is -7.60. The predicted octanol–water partition coefficient (Wildman–Crippen LogP) is 7.15.